The molecular formula is C40H27N. The zero-order valence-corrected chi connectivity index (χ0v) is 22.5. The third-order valence-corrected chi connectivity index (χ3v) is 8.17. The van der Waals surface area contributed by atoms with Crippen molar-refractivity contribution in [2.45, 2.75) is 0 Å². The van der Waals surface area contributed by atoms with Crippen molar-refractivity contribution in [2.75, 3.05) is 0 Å². The molecule has 0 N–H and O–H groups in total. The van der Waals surface area contributed by atoms with E-state index in [0.717, 1.165) is 0 Å². The SMILES string of the molecule is c1ccc(-c2ccc3c(c2)c2cc(-c4cc5ccccc5cc4-c4ccccc4)ccc2n3-c2ccccc2)cc1. The first-order valence-electron chi connectivity index (χ1n) is 14.1. The van der Waals surface area contributed by atoms with Gasteiger partial charge in [0.1, 0.15) is 0 Å². The van der Waals surface area contributed by atoms with Crippen LogP contribution in [0.1, 0.15) is 0 Å². The van der Waals surface area contributed by atoms with E-state index >= 15 is 0 Å². The number of para-hydroxylation sites is 1. The number of hydrogen-bond acceptors (Lipinski definition) is 0. The number of aromatic nitrogens is 1. The van der Waals surface area contributed by atoms with E-state index in [1.165, 1.54) is 71.6 Å². The smallest absolute Gasteiger partial charge is 0.0541 e. The Morgan fingerprint density at radius 2 is 0.780 bits per heavy atom. The average Bonchev–Trinajstić information content (AvgIpc) is 3.38. The third kappa shape index (κ3) is 4.02. The summed E-state index contributed by atoms with van der Waals surface area (Å²) in [6, 6.07) is 59.3. The van der Waals surface area contributed by atoms with Crippen molar-refractivity contribution in [1.29, 1.82) is 0 Å². The molecule has 0 saturated heterocycles. The highest BCUT2D eigenvalue weighted by Gasteiger charge is 2.16. The van der Waals surface area contributed by atoms with Gasteiger partial charge in [-0.25, -0.2) is 0 Å². The molecule has 0 amide bonds. The van der Waals surface area contributed by atoms with Crippen molar-refractivity contribution in [3.63, 3.8) is 0 Å². The van der Waals surface area contributed by atoms with E-state index in [4.69, 9.17) is 0 Å². The number of hydrogen-bond donors (Lipinski definition) is 0. The Balaban J connectivity index is 1.43. The molecule has 0 saturated carbocycles. The highest BCUT2D eigenvalue weighted by Crippen LogP contribution is 2.40. The standard InChI is InChI=1S/C40H27N/c1-4-12-28(13-5-1)32-20-22-39-37(26-32)38-27-33(21-23-40(38)41(39)34-18-8-3-9-19-34)36-25-31-17-11-10-16-30(31)24-35(36)29-14-6-2-7-15-29/h1-27H. The molecule has 8 rings (SSSR count). The van der Waals surface area contributed by atoms with Crippen LogP contribution in [0.2, 0.25) is 0 Å². The zero-order chi connectivity index (χ0) is 27.2. The van der Waals surface area contributed by atoms with Crippen molar-refractivity contribution in [2.24, 2.45) is 0 Å². The Kier molecular flexibility index (Phi) is 5.53. The third-order valence-electron chi connectivity index (χ3n) is 8.17. The minimum Gasteiger partial charge on any atom is -0.309 e. The summed E-state index contributed by atoms with van der Waals surface area (Å²) in [5.41, 5.74) is 11.0. The van der Waals surface area contributed by atoms with E-state index in [2.05, 4.69) is 168 Å². The van der Waals surface area contributed by atoms with Gasteiger partial charge in [-0.15, -0.1) is 0 Å². The predicted octanol–water partition coefficient (Wildman–Crippen LogP) is 10.9. The van der Waals surface area contributed by atoms with Gasteiger partial charge in [0, 0.05) is 16.5 Å². The van der Waals surface area contributed by atoms with Crippen molar-refractivity contribution < 1.29 is 0 Å². The minimum atomic E-state index is 1.17. The Morgan fingerprint density at radius 3 is 1.39 bits per heavy atom. The number of fused-ring (bicyclic) bond motifs is 4. The second-order valence-corrected chi connectivity index (χ2v) is 10.6. The fourth-order valence-electron chi connectivity index (χ4n) is 6.19. The lowest BCUT2D eigenvalue weighted by Gasteiger charge is -2.13. The zero-order valence-electron chi connectivity index (χ0n) is 22.5. The molecule has 1 heteroatoms. The maximum Gasteiger partial charge on any atom is 0.0541 e. The Bertz CT molecular complexity index is 2170. The average molecular weight is 522 g/mol. The first-order chi connectivity index (χ1) is 20.3. The fourth-order valence-corrected chi connectivity index (χ4v) is 6.19. The molecule has 0 fully saturated rings. The van der Waals surface area contributed by atoms with Crippen molar-refractivity contribution in [1.82, 2.24) is 4.57 Å². The number of rotatable bonds is 4. The van der Waals surface area contributed by atoms with Crippen molar-refractivity contribution in [3.8, 4) is 39.1 Å². The number of benzene rings is 7. The summed E-state index contributed by atoms with van der Waals surface area (Å²) in [4.78, 5) is 0. The fraction of sp³-hybridized carbons (Fsp3) is 0. The molecule has 0 radical (unpaired) electrons. The highest BCUT2D eigenvalue weighted by molar-refractivity contribution is 6.12. The summed E-state index contributed by atoms with van der Waals surface area (Å²) in [5.74, 6) is 0. The molecule has 0 aliphatic heterocycles. The predicted molar refractivity (Wildman–Crippen MR) is 175 cm³/mol. The summed E-state index contributed by atoms with van der Waals surface area (Å²) < 4.78 is 2.39. The van der Waals surface area contributed by atoms with Crippen molar-refractivity contribution >= 4 is 32.6 Å². The summed E-state index contributed by atoms with van der Waals surface area (Å²) in [6.45, 7) is 0. The molecule has 1 nitrogen and oxygen atoms in total. The van der Waals surface area contributed by atoms with Crippen LogP contribution in [0.15, 0.2) is 164 Å². The van der Waals surface area contributed by atoms with E-state index in [9.17, 15) is 0 Å². The monoisotopic (exact) mass is 521 g/mol. The Hall–Kier alpha value is -5.40. The van der Waals surface area contributed by atoms with Crippen LogP contribution in [-0.4, -0.2) is 4.57 Å². The van der Waals surface area contributed by atoms with E-state index in [1.54, 1.807) is 0 Å². The van der Waals surface area contributed by atoms with Crippen LogP contribution in [-0.2, 0) is 0 Å². The maximum atomic E-state index is 2.39. The molecule has 192 valence electrons. The van der Waals surface area contributed by atoms with Gasteiger partial charge in [0.25, 0.3) is 0 Å². The molecule has 1 aromatic heterocycles. The second-order valence-electron chi connectivity index (χ2n) is 10.6. The molecule has 0 aliphatic carbocycles. The van der Waals surface area contributed by atoms with Crippen molar-refractivity contribution in [3.05, 3.63) is 164 Å². The quantitative estimate of drug-likeness (QED) is 0.217. The summed E-state index contributed by atoms with van der Waals surface area (Å²) >= 11 is 0. The van der Waals surface area contributed by atoms with Gasteiger partial charge < -0.3 is 4.57 Å². The Morgan fingerprint density at radius 1 is 0.317 bits per heavy atom. The van der Waals surface area contributed by atoms with Gasteiger partial charge in [-0.3, -0.25) is 0 Å². The van der Waals surface area contributed by atoms with E-state index < -0.39 is 0 Å². The van der Waals surface area contributed by atoms with E-state index in [-0.39, 0.29) is 0 Å². The van der Waals surface area contributed by atoms with Gasteiger partial charge >= 0.3 is 0 Å². The summed E-state index contributed by atoms with van der Waals surface area (Å²) in [5, 5.41) is 5.02. The lowest BCUT2D eigenvalue weighted by Crippen LogP contribution is -1.93. The minimum absolute atomic E-state index is 1.17. The van der Waals surface area contributed by atoms with Crippen LogP contribution in [0.5, 0.6) is 0 Å². The molecule has 8 aromatic rings. The lowest BCUT2D eigenvalue weighted by molar-refractivity contribution is 1.18. The van der Waals surface area contributed by atoms with Gasteiger partial charge in [0.2, 0.25) is 0 Å². The Labute approximate surface area is 239 Å². The van der Waals surface area contributed by atoms with E-state index in [1.807, 2.05) is 0 Å². The van der Waals surface area contributed by atoms with Crippen LogP contribution in [0.25, 0.3) is 71.6 Å². The first kappa shape index (κ1) is 23.5. The molecule has 1 heterocycles. The van der Waals surface area contributed by atoms with Gasteiger partial charge in [-0.1, -0.05) is 115 Å². The van der Waals surface area contributed by atoms with Crippen LogP contribution < -0.4 is 0 Å². The molecule has 0 spiro atoms. The molecule has 0 aliphatic rings. The van der Waals surface area contributed by atoms with Gasteiger partial charge in [0.15, 0.2) is 0 Å². The summed E-state index contributed by atoms with van der Waals surface area (Å²) in [7, 11) is 0. The topological polar surface area (TPSA) is 4.93 Å². The molecule has 0 bridgehead atoms. The van der Waals surface area contributed by atoms with E-state index in [0.29, 0.717) is 0 Å². The lowest BCUT2D eigenvalue weighted by atomic mass is 9.91. The van der Waals surface area contributed by atoms with Gasteiger partial charge in [0.05, 0.1) is 11.0 Å². The maximum absolute atomic E-state index is 2.39. The molecule has 0 atom stereocenters. The molecule has 41 heavy (non-hydrogen) atoms. The highest BCUT2D eigenvalue weighted by atomic mass is 15.0. The van der Waals surface area contributed by atoms with Gasteiger partial charge in [-0.2, -0.15) is 0 Å². The largest absolute Gasteiger partial charge is 0.309 e. The normalized spacial score (nSPS) is 11.4. The second kappa shape index (κ2) is 9.66. The molecule has 0 unspecified atom stereocenters. The van der Waals surface area contributed by atoms with Crippen LogP contribution in [0, 0.1) is 0 Å². The molecular weight excluding hydrogens is 494 g/mol. The summed E-state index contributed by atoms with van der Waals surface area (Å²) in [6.07, 6.45) is 0. The molecule has 7 aromatic carbocycles. The van der Waals surface area contributed by atoms with Crippen LogP contribution >= 0.6 is 0 Å². The van der Waals surface area contributed by atoms with Gasteiger partial charge in [-0.05, 0) is 92.7 Å². The number of nitrogens with zero attached hydrogens (tertiary/aromatic N) is 1. The van der Waals surface area contributed by atoms with Crippen LogP contribution in [0.4, 0.5) is 0 Å². The van der Waals surface area contributed by atoms with Crippen LogP contribution in [0.3, 0.4) is 0 Å². The first-order valence-corrected chi connectivity index (χ1v) is 14.1.